The van der Waals surface area contributed by atoms with E-state index in [-0.39, 0.29) is 6.04 Å². The maximum absolute atomic E-state index is 6.07. The Morgan fingerprint density at radius 2 is 2.18 bits per heavy atom. The van der Waals surface area contributed by atoms with Crippen molar-refractivity contribution in [2.45, 2.75) is 6.04 Å². The van der Waals surface area contributed by atoms with Crippen LogP contribution in [0.4, 0.5) is 0 Å². The summed E-state index contributed by atoms with van der Waals surface area (Å²) in [6, 6.07) is 8.05. The molecule has 0 radical (unpaired) electrons. The van der Waals surface area contributed by atoms with Crippen molar-refractivity contribution in [2.24, 2.45) is 7.05 Å². The van der Waals surface area contributed by atoms with Crippen LogP contribution in [0.15, 0.2) is 30.5 Å². The first-order chi connectivity index (χ1) is 8.13. The van der Waals surface area contributed by atoms with Crippen LogP contribution in [0.25, 0.3) is 0 Å². The third kappa shape index (κ3) is 2.64. The maximum atomic E-state index is 6.07. The van der Waals surface area contributed by atoms with Gasteiger partial charge in [0, 0.05) is 21.8 Å². The highest BCUT2D eigenvalue weighted by Gasteiger charge is 2.18. The van der Waals surface area contributed by atoms with Gasteiger partial charge in [-0.3, -0.25) is 4.68 Å². The van der Waals surface area contributed by atoms with Crippen LogP contribution in [0.3, 0.4) is 0 Å². The summed E-state index contributed by atoms with van der Waals surface area (Å²) in [4.78, 5) is 0. The summed E-state index contributed by atoms with van der Waals surface area (Å²) < 4.78 is 3.06. The fourth-order valence-electron chi connectivity index (χ4n) is 1.87. The number of rotatable bonds is 3. The monoisotopic (exact) mass is 361 g/mol. The average molecular weight is 362 g/mol. The van der Waals surface area contributed by atoms with E-state index in [0.717, 1.165) is 10.7 Å². The number of aromatic nitrogens is 2. The molecule has 1 heterocycles. The van der Waals surface area contributed by atoms with Crippen LogP contribution in [0.2, 0.25) is 5.02 Å². The molecule has 3 nitrogen and oxygen atoms in total. The summed E-state index contributed by atoms with van der Waals surface area (Å²) in [7, 11) is 3.88. The van der Waals surface area contributed by atoms with Crippen molar-refractivity contribution < 1.29 is 0 Å². The minimum absolute atomic E-state index is 0.105. The van der Waals surface area contributed by atoms with Crippen LogP contribution in [-0.4, -0.2) is 16.8 Å². The lowest BCUT2D eigenvalue weighted by molar-refractivity contribution is 0.604. The van der Waals surface area contributed by atoms with Crippen molar-refractivity contribution in [3.05, 3.63) is 50.3 Å². The highest BCUT2D eigenvalue weighted by molar-refractivity contribution is 14.1. The van der Waals surface area contributed by atoms with Crippen molar-refractivity contribution in [3.8, 4) is 0 Å². The van der Waals surface area contributed by atoms with Gasteiger partial charge in [0.05, 0.1) is 11.7 Å². The van der Waals surface area contributed by atoms with E-state index in [1.165, 1.54) is 9.13 Å². The molecule has 0 aliphatic rings. The topological polar surface area (TPSA) is 29.9 Å². The largest absolute Gasteiger partial charge is 0.308 e. The van der Waals surface area contributed by atoms with E-state index in [9.17, 15) is 0 Å². The molecule has 0 saturated carbocycles. The van der Waals surface area contributed by atoms with Crippen molar-refractivity contribution in [1.29, 1.82) is 0 Å². The van der Waals surface area contributed by atoms with Crippen molar-refractivity contribution in [2.75, 3.05) is 7.05 Å². The molecule has 2 rings (SSSR count). The highest BCUT2D eigenvalue weighted by Crippen LogP contribution is 2.28. The lowest BCUT2D eigenvalue weighted by Crippen LogP contribution is -2.21. The van der Waals surface area contributed by atoms with Crippen LogP contribution >= 0.6 is 34.2 Å². The third-order valence-corrected chi connectivity index (χ3v) is 3.93. The second-order valence-corrected chi connectivity index (χ2v) is 5.37. The lowest BCUT2D eigenvalue weighted by Gasteiger charge is -2.18. The van der Waals surface area contributed by atoms with Gasteiger partial charge < -0.3 is 5.32 Å². The molecular formula is C12H13ClIN3. The van der Waals surface area contributed by atoms with Gasteiger partial charge in [0.15, 0.2) is 0 Å². The fourth-order valence-corrected chi connectivity index (χ4v) is 2.69. The summed E-state index contributed by atoms with van der Waals surface area (Å²) in [5.74, 6) is 0. The van der Waals surface area contributed by atoms with E-state index in [1.807, 2.05) is 43.0 Å². The van der Waals surface area contributed by atoms with Crippen LogP contribution in [0.5, 0.6) is 0 Å². The molecule has 0 aliphatic carbocycles. The standard InChI is InChI=1S/C12H13ClIN3/c1-15-12(11-5-6-16-17(11)2)9-7-8(13)3-4-10(9)14/h3-7,12,15H,1-2H3. The quantitative estimate of drug-likeness (QED) is 0.852. The van der Waals surface area contributed by atoms with Crippen LogP contribution in [-0.2, 0) is 7.05 Å². The Labute approximate surface area is 119 Å². The summed E-state index contributed by atoms with van der Waals surface area (Å²) in [6.07, 6.45) is 1.80. The first-order valence-electron chi connectivity index (χ1n) is 5.23. The molecule has 90 valence electrons. The Kier molecular flexibility index (Phi) is 4.06. The summed E-state index contributed by atoms with van der Waals surface area (Å²) in [5, 5.41) is 8.26. The molecule has 1 unspecified atom stereocenters. The molecule has 1 aromatic heterocycles. The second-order valence-electron chi connectivity index (χ2n) is 3.77. The molecule has 2 aromatic rings. The molecule has 0 bridgehead atoms. The molecule has 17 heavy (non-hydrogen) atoms. The van der Waals surface area contributed by atoms with Gasteiger partial charge in [0.2, 0.25) is 0 Å². The van der Waals surface area contributed by atoms with E-state index in [1.54, 1.807) is 6.20 Å². The molecular weight excluding hydrogens is 349 g/mol. The summed E-state index contributed by atoms with van der Waals surface area (Å²) in [5.41, 5.74) is 2.29. The van der Waals surface area contributed by atoms with E-state index >= 15 is 0 Å². The lowest BCUT2D eigenvalue weighted by atomic mass is 10.0. The third-order valence-electron chi connectivity index (χ3n) is 2.71. The Hall–Kier alpha value is -0.590. The Morgan fingerprint density at radius 1 is 1.41 bits per heavy atom. The van der Waals surface area contributed by atoms with Gasteiger partial charge in [0.1, 0.15) is 0 Å². The van der Waals surface area contributed by atoms with Crippen LogP contribution in [0.1, 0.15) is 17.3 Å². The minimum Gasteiger partial charge on any atom is -0.308 e. The molecule has 0 saturated heterocycles. The second kappa shape index (κ2) is 5.37. The van der Waals surface area contributed by atoms with Crippen molar-refractivity contribution in [1.82, 2.24) is 15.1 Å². The first kappa shape index (κ1) is 12.9. The molecule has 0 aliphatic heterocycles. The Morgan fingerprint density at radius 3 is 2.76 bits per heavy atom. The normalized spacial score (nSPS) is 12.7. The zero-order chi connectivity index (χ0) is 12.4. The zero-order valence-electron chi connectivity index (χ0n) is 9.61. The molecule has 1 N–H and O–H groups in total. The molecule has 0 amide bonds. The molecule has 1 atom stereocenters. The van der Waals surface area contributed by atoms with Gasteiger partial charge in [-0.15, -0.1) is 0 Å². The van der Waals surface area contributed by atoms with Crippen molar-refractivity contribution in [3.63, 3.8) is 0 Å². The number of hydrogen-bond acceptors (Lipinski definition) is 2. The van der Waals surface area contributed by atoms with Gasteiger partial charge in [0.25, 0.3) is 0 Å². The Balaban J connectivity index is 2.49. The molecule has 1 aromatic carbocycles. The smallest absolute Gasteiger partial charge is 0.0756 e. The Bertz CT molecular complexity index is 524. The number of halogens is 2. The van der Waals surface area contributed by atoms with Gasteiger partial charge in [-0.1, -0.05) is 11.6 Å². The number of nitrogens with zero attached hydrogens (tertiary/aromatic N) is 2. The van der Waals surface area contributed by atoms with Crippen LogP contribution < -0.4 is 5.32 Å². The number of benzene rings is 1. The zero-order valence-corrected chi connectivity index (χ0v) is 12.5. The molecule has 0 fully saturated rings. The summed E-state index contributed by atoms with van der Waals surface area (Å²) >= 11 is 8.39. The summed E-state index contributed by atoms with van der Waals surface area (Å²) in [6.45, 7) is 0. The molecule has 5 heteroatoms. The number of hydrogen-bond donors (Lipinski definition) is 1. The average Bonchev–Trinajstić information content (AvgIpc) is 2.71. The predicted octanol–water partition coefficient (Wildman–Crippen LogP) is 2.99. The SMILES string of the molecule is CNC(c1cc(Cl)ccc1I)c1ccnn1C. The minimum atomic E-state index is 0.105. The van der Waals surface area contributed by atoms with Gasteiger partial charge in [-0.2, -0.15) is 5.10 Å². The van der Waals surface area contributed by atoms with Gasteiger partial charge in [-0.05, 0) is 59.5 Å². The highest BCUT2D eigenvalue weighted by atomic mass is 127. The fraction of sp³-hybridized carbons (Fsp3) is 0.250. The van der Waals surface area contributed by atoms with E-state index in [0.29, 0.717) is 0 Å². The van der Waals surface area contributed by atoms with Crippen LogP contribution in [0, 0.1) is 3.57 Å². The van der Waals surface area contributed by atoms with Gasteiger partial charge >= 0.3 is 0 Å². The molecule has 0 spiro atoms. The van der Waals surface area contributed by atoms with E-state index in [2.05, 4.69) is 33.0 Å². The first-order valence-corrected chi connectivity index (χ1v) is 6.69. The van der Waals surface area contributed by atoms with Crippen molar-refractivity contribution >= 4 is 34.2 Å². The predicted molar refractivity (Wildman–Crippen MR) is 78.3 cm³/mol. The van der Waals surface area contributed by atoms with Gasteiger partial charge in [-0.25, -0.2) is 0 Å². The number of aryl methyl sites for hydroxylation is 1. The maximum Gasteiger partial charge on any atom is 0.0756 e. The number of nitrogens with one attached hydrogen (secondary N) is 1. The van der Waals surface area contributed by atoms with E-state index < -0.39 is 0 Å². The van der Waals surface area contributed by atoms with E-state index in [4.69, 9.17) is 11.6 Å².